The van der Waals surface area contributed by atoms with Gasteiger partial charge in [-0.1, -0.05) is 0 Å². The van der Waals surface area contributed by atoms with E-state index in [-0.39, 0.29) is 17.8 Å². The lowest BCUT2D eigenvalue weighted by molar-refractivity contribution is 0.0702. The highest BCUT2D eigenvalue weighted by atomic mass is 19.1. The summed E-state index contributed by atoms with van der Waals surface area (Å²) in [5, 5.41) is 4.27. The molecule has 0 radical (unpaired) electrons. The first-order valence-electron chi connectivity index (χ1n) is 7.00. The Hall–Kier alpha value is -2.21. The summed E-state index contributed by atoms with van der Waals surface area (Å²) < 4.78 is 14.5. The van der Waals surface area contributed by atoms with Gasteiger partial charge in [-0.2, -0.15) is 5.10 Å². The third kappa shape index (κ3) is 2.95. The molecule has 0 bridgehead atoms. The highest BCUT2D eigenvalue weighted by Gasteiger charge is 2.23. The summed E-state index contributed by atoms with van der Waals surface area (Å²) >= 11 is 0. The molecule has 1 fully saturated rings. The topological polar surface area (TPSA) is 64.2 Å². The van der Waals surface area contributed by atoms with Gasteiger partial charge in [0, 0.05) is 25.3 Å². The van der Waals surface area contributed by atoms with Gasteiger partial charge in [0.1, 0.15) is 5.82 Å². The molecule has 1 unspecified atom stereocenters. The fraction of sp³-hybridized carbons (Fsp3) is 0.333. The summed E-state index contributed by atoms with van der Waals surface area (Å²) in [7, 11) is 0. The molecule has 3 rings (SSSR count). The molecule has 0 spiro atoms. The number of likely N-dealkylation sites (tertiary alicyclic amines) is 1. The zero-order valence-electron chi connectivity index (χ0n) is 11.6. The van der Waals surface area contributed by atoms with Gasteiger partial charge in [0.15, 0.2) is 5.69 Å². The van der Waals surface area contributed by atoms with Gasteiger partial charge in [-0.25, -0.2) is 9.07 Å². The van der Waals surface area contributed by atoms with Gasteiger partial charge < -0.3 is 10.6 Å². The summed E-state index contributed by atoms with van der Waals surface area (Å²) in [4.78, 5) is 14.1. The number of benzene rings is 1. The van der Waals surface area contributed by atoms with Crippen molar-refractivity contribution in [2.24, 2.45) is 5.73 Å². The van der Waals surface area contributed by atoms with Gasteiger partial charge in [-0.05, 0) is 43.2 Å². The second-order valence-electron chi connectivity index (χ2n) is 5.28. The molecule has 1 saturated heterocycles. The van der Waals surface area contributed by atoms with Crippen LogP contribution in [0, 0.1) is 5.82 Å². The van der Waals surface area contributed by atoms with Gasteiger partial charge in [-0.15, -0.1) is 0 Å². The van der Waals surface area contributed by atoms with Crippen LogP contribution in [-0.2, 0) is 0 Å². The highest BCUT2D eigenvalue weighted by Crippen LogP contribution is 2.13. The van der Waals surface area contributed by atoms with E-state index in [1.165, 1.54) is 12.1 Å². The standard InChI is InChI=1S/C15H17FN4O/c16-11-3-5-13(6-4-11)20-9-7-14(18-20)15(21)19-8-1-2-12(17)10-19/h3-7,9,12H,1-2,8,10,17H2. The number of aromatic nitrogens is 2. The number of nitrogens with two attached hydrogens (primary N) is 1. The fourth-order valence-corrected chi connectivity index (χ4v) is 2.53. The van der Waals surface area contributed by atoms with Crippen molar-refractivity contribution in [2.45, 2.75) is 18.9 Å². The normalized spacial score (nSPS) is 18.8. The summed E-state index contributed by atoms with van der Waals surface area (Å²) in [6.07, 6.45) is 3.57. The Balaban J connectivity index is 1.78. The molecule has 1 atom stereocenters. The van der Waals surface area contributed by atoms with E-state index in [1.54, 1.807) is 34.0 Å². The Morgan fingerprint density at radius 3 is 2.76 bits per heavy atom. The Labute approximate surface area is 122 Å². The van der Waals surface area contributed by atoms with Crippen molar-refractivity contribution >= 4 is 5.91 Å². The van der Waals surface area contributed by atoms with Crippen LogP contribution in [0.15, 0.2) is 36.5 Å². The highest BCUT2D eigenvalue weighted by molar-refractivity contribution is 5.92. The lowest BCUT2D eigenvalue weighted by atomic mass is 10.1. The minimum atomic E-state index is -0.301. The third-order valence-corrected chi connectivity index (χ3v) is 3.64. The third-order valence-electron chi connectivity index (χ3n) is 3.64. The van der Waals surface area contributed by atoms with Crippen molar-refractivity contribution < 1.29 is 9.18 Å². The second-order valence-corrected chi connectivity index (χ2v) is 5.28. The smallest absolute Gasteiger partial charge is 0.274 e. The van der Waals surface area contributed by atoms with Crippen molar-refractivity contribution in [1.29, 1.82) is 0 Å². The second kappa shape index (κ2) is 5.65. The van der Waals surface area contributed by atoms with E-state index in [2.05, 4.69) is 5.10 Å². The molecule has 110 valence electrons. The van der Waals surface area contributed by atoms with Crippen molar-refractivity contribution in [2.75, 3.05) is 13.1 Å². The summed E-state index contributed by atoms with van der Waals surface area (Å²) in [5.41, 5.74) is 6.99. The lowest BCUT2D eigenvalue weighted by Crippen LogP contribution is -2.45. The zero-order valence-corrected chi connectivity index (χ0v) is 11.6. The number of hydrogen-bond acceptors (Lipinski definition) is 3. The van der Waals surface area contributed by atoms with Crippen LogP contribution in [-0.4, -0.2) is 39.7 Å². The summed E-state index contributed by atoms with van der Waals surface area (Å²) in [6.45, 7) is 1.29. The van der Waals surface area contributed by atoms with Crippen LogP contribution < -0.4 is 5.73 Å². The number of carbonyl (C=O) groups is 1. The number of hydrogen-bond donors (Lipinski definition) is 1. The molecule has 21 heavy (non-hydrogen) atoms. The molecule has 2 aromatic rings. The minimum absolute atomic E-state index is 0.0434. The van der Waals surface area contributed by atoms with E-state index in [0.717, 1.165) is 19.4 Å². The van der Waals surface area contributed by atoms with Crippen LogP contribution >= 0.6 is 0 Å². The number of halogens is 1. The van der Waals surface area contributed by atoms with Gasteiger partial charge in [0.2, 0.25) is 0 Å². The maximum Gasteiger partial charge on any atom is 0.274 e. The predicted molar refractivity (Wildman–Crippen MR) is 76.6 cm³/mol. The first-order valence-corrected chi connectivity index (χ1v) is 7.00. The summed E-state index contributed by atoms with van der Waals surface area (Å²) in [6, 6.07) is 7.68. The number of piperidine rings is 1. The Kier molecular flexibility index (Phi) is 3.70. The quantitative estimate of drug-likeness (QED) is 0.912. The SMILES string of the molecule is NC1CCCN(C(=O)c2ccn(-c3ccc(F)cc3)n2)C1. The predicted octanol–water partition coefficient (Wildman–Crippen LogP) is 1.57. The maximum absolute atomic E-state index is 12.9. The van der Waals surface area contributed by atoms with E-state index < -0.39 is 0 Å². The molecule has 1 aliphatic rings. The zero-order chi connectivity index (χ0) is 14.8. The molecule has 5 nitrogen and oxygen atoms in total. The average molecular weight is 288 g/mol. The van der Waals surface area contributed by atoms with Crippen LogP contribution in [0.3, 0.4) is 0 Å². The van der Waals surface area contributed by atoms with Crippen molar-refractivity contribution in [1.82, 2.24) is 14.7 Å². The van der Waals surface area contributed by atoms with Gasteiger partial charge in [-0.3, -0.25) is 4.79 Å². The van der Waals surface area contributed by atoms with E-state index in [0.29, 0.717) is 17.9 Å². The van der Waals surface area contributed by atoms with Crippen molar-refractivity contribution in [3.63, 3.8) is 0 Å². The Morgan fingerprint density at radius 1 is 1.29 bits per heavy atom. The van der Waals surface area contributed by atoms with Crippen LogP contribution in [0.4, 0.5) is 4.39 Å². The number of rotatable bonds is 2. The molecular formula is C15H17FN4O. The number of nitrogens with zero attached hydrogens (tertiary/aromatic N) is 3. The maximum atomic E-state index is 12.9. The molecule has 1 aromatic carbocycles. The Bertz CT molecular complexity index is 637. The van der Waals surface area contributed by atoms with E-state index in [4.69, 9.17) is 5.73 Å². The van der Waals surface area contributed by atoms with Crippen LogP contribution in [0.1, 0.15) is 23.3 Å². The van der Waals surface area contributed by atoms with Gasteiger partial charge in [0.05, 0.1) is 5.69 Å². The largest absolute Gasteiger partial charge is 0.336 e. The lowest BCUT2D eigenvalue weighted by Gasteiger charge is -2.30. The average Bonchev–Trinajstić information content (AvgIpc) is 2.97. The Morgan fingerprint density at radius 2 is 2.05 bits per heavy atom. The summed E-state index contributed by atoms with van der Waals surface area (Å²) in [5.74, 6) is -0.407. The molecule has 2 heterocycles. The van der Waals surface area contributed by atoms with Gasteiger partial charge >= 0.3 is 0 Å². The number of carbonyl (C=O) groups excluding carboxylic acids is 1. The van der Waals surface area contributed by atoms with Crippen LogP contribution in [0.2, 0.25) is 0 Å². The molecule has 1 aliphatic heterocycles. The molecule has 1 amide bonds. The molecular weight excluding hydrogens is 271 g/mol. The number of amides is 1. The van der Waals surface area contributed by atoms with Crippen molar-refractivity contribution in [3.8, 4) is 5.69 Å². The minimum Gasteiger partial charge on any atom is -0.336 e. The first kappa shape index (κ1) is 13.8. The van der Waals surface area contributed by atoms with Gasteiger partial charge in [0.25, 0.3) is 5.91 Å². The van der Waals surface area contributed by atoms with Crippen LogP contribution in [0.5, 0.6) is 0 Å². The molecule has 6 heteroatoms. The molecule has 1 aromatic heterocycles. The molecule has 2 N–H and O–H groups in total. The fourth-order valence-electron chi connectivity index (χ4n) is 2.53. The molecule has 0 saturated carbocycles. The monoisotopic (exact) mass is 288 g/mol. The first-order chi connectivity index (χ1) is 10.1. The molecule has 0 aliphatic carbocycles. The van der Waals surface area contributed by atoms with E-state index in [1.807, 2.05) is 0 Å². The van der Waals surface area contributed by atoms with Crippen molar-refractivity contribution in [3.05, 3.63) is 48.0 Å². The van der Waals surface area contributed by atoms with Crippen LogP contribution in [0.25, 0.3) is 5.69 Å². The van der Waals surface area contributed by atoms with E-state index in [9.17, 15) is 9.18 Å². The van der Waals surface area contributed by atoms with E-state index >= 15 is 0 Å².